The van der Waals surface area contributed by atoms with Crippen molar-refractivity contribution in [1.29, 1.82) is 0 Å². The number of anilines is 2. The van der Waals surface area contributed by atoms with Crippen molar-refractivity contribution in [2.75, 3.05) is 24.7 Å². The number of benzene rings is 1. The highest BCUT2D eigenvalue weighted by molar-refractivity contribution is 7.16. The van der Waals surface area contributed by atoms with Gasteiger partial charge in [0.1, 0.15) is 0 Å². The van der Waals surface area contributed by atoms with Crippen molar-refractivity contribution in [2.24, 2.45) is 0 Å². The standard InChI is InChI=1S/C14H15ClN2O2S/c1-19-14(18)9-2-4-11(16)12(8-9)17-7-6-10-3-5-13(15)20-10/h2-5,8,17H,6-7,16H2,1H3. The summed E-state index contributed by atoms with van der Waals surface area (Å²) < 4.78 is 5.47. The molecule has 1 aromatic heterocycles. The zero-order valence-electron chi connectivity index (χ0n) is 11.0. The van der Waals surface area contributed by atoms with Crippen molar-refractivity contribution in [3.8, 4) is 0 Å². The summed E-state index contributed by atoms with van der Waals surface area (Å²) in [5.74, 6) is -0.377. The number of thiophene rings is 1. The van der Waals surface area contributed by atoms with E-state index in [-0.39, 0.29) is 5.97 Å². The molecule has 0 amide bonds. The zero-order chi connectivity index (χ0) is 14.5. The van der Waals surface area contributed by atoms with Gasteiger partial charge in [-0.3, -0.25) is 0 Å². The van der Waals surface area contributed by atoms with Crippen LogP contribution in [0.1, 0.15) is 15.2 Å². The summed E-state index contributed by atoms with van der Waals surface area (Å²) in [4.78, 5) is 12.7. The highest BCUT2D eigenvalue weighted by atomic mass is 35.5. The molecule has 0 unspecified atom stereocenters. The fraction of sp³-hybridized carbons (Fsp3) is 0.214. The van der Waals surface area contributed by atoms with Crippen LogP contribution in [0.5, 0.6) is 0 Å². The fourth-order valence-corrected chi connectivity index (χ4v) is 2.85. The molecule has 0 radical (unpaired) electrons. The molecule has 20 heavy (non-hydrogen) atoms. The molecule has 0 spiro atoms. The molecule has 6 heteroatoms. The van der Waals surface area contributed by atoms with Gasteiger partial charge in [-0.1, -0.05) is 11.6 Å². The smallest absolute Gasteiger partial charge is 0.337 e. The van der Waals surface area contributed by atoms with Crippen LogP contribution in [-0.4, -0.2) is 19.6 Å². The number of carbonyl (C=O) groups excluding carboxylic acids is 1. The molecule has 0 atom stereocenters. The van der Waals surface area contributed by atoms with Crippen LogP contribution >= 0.6 is 22.9 Å². The first-order valence-electron chi connectivity index (χ1n) is 6.06. The third-order valence-electron chi connectivity index (χ3n) is 2.79. The van der Waals surface area contributed by atoms with Crippen LogP contribution in [-0.2, 0) is 11.2 Å². The second-order valence-electron chi connectivity index (χ2n) is 4.18. The minimum Gasteiger partial charge on any atom is -0.465 e. The van der Waals surface area contributed by atoms with E-state index in [4.69, 9.17) is 17.3 Å². The second-order valence-corrected chi connectivity index (χ2v) is 5.98. The van der Waals surface area contributed by atoms with Gasteiger partial charge in [-0.05, 0) is 36.8 Å². The Morgan fingerprint density at radius 1 is 1.40 bits per heavy atom. The first kappa shape index (κ1) is 14.7. The van der Waals surface area contributed by atoms with Crippen molar-refractivity contribution < 1.29 is 9.53 Å². The Labute approximate surface area is 126 Å². The van der Waals surface area contributed by atoms with Gasteiger partial charge in [0.2, 0.25) is 0 Å². The van der Waals surface area contributed by atoms with Gasteiger partial charge < -0.3 is 15.8 Å². The van der Waals surface area contributed by atoms with Gasteiger partial charge in [-0.15, -0.1) is 11.3 Å². The van der Waals surface area contributed by atoms with Gasteiger partial charge in [0.15, 0.2) is 0 Å². The summed E-state index contributed by atoms with van der Waals surface area (Å²) in [5, 5.41) is 3.22. The Morgan fingerprint density at radius 3 is 2.85 bits per heavy atom. The van der Waals surface area contributed by atoms with E-state index in [0.717, 1.165) is 16.4 Å². The molecule has 1 heterocycles. The third kappa shape index (κ3) is 3.65. The van der Waals surface area contributed by atoms with Crippen LogP contribution in [0, 0.1) is 0 Å². The molecule has 2 aromatic rings. The van der Waals surface area contributed by atoms with E-state index in [1.165, 1.54) is 12.0 Å². The number of methoxy groups -OCH3 is 1. The molecular weight excluding hydrogens is 296 g/mol. The van der Waals surface area contributed by atoms with Crippen LogP contribution in [0.2, 0.25) is 4.34 Å². The van der Waals surface area contributed by atoms with Crippen LogP contribution in [0.4, 0.5) is 11.4 Å². The minimum atomic E-state index is -0.377. The van der Waals surface area contributed by atoms with Gasteiger partial charge in [0.05, 0.1) is 28.4 Å². The Morgan fingerprint density at radius 2 is 2.20 bits per heavy atom. The van der Waals surface area contributed by atoms with Crippen molar-refractivity contribution >= 4 is 40.3 Å². The monoisotopic (exact) mass is 310 g/mol. The fourth-order valence-electron chi connectivity index (χ4n) is 1.76. The summed E-state index contributed by atoms with van der Waals surface area (Å²) in [5.41, 5.74) is 7.69. The first-order valence-corrected chi connectivity index (χ1v) is 7.25. The van der Waals surface area contributed by atoms with Crippen molar-refractivity contribution in [1.82, 2.24) is 0 Å². The maximum atomic E-state index is 11.5. The highest BCUT2D eigenvalue weighted by Gasteiger charge is 2.08. The van der Waals surface area contributed by atoms with Crippen molar-refractivity contribution in [3.05, 3.63) is 45.1 Å². The summed E-state index contributed by atoms with van der Waals surface area (Å²) >= 11 is 7.44. The molecule has 4 nitrogen and oxygen atoms in total. The number of nitrogens with two attached hydrogens (primary N) is 1. The summed E-state index contributed by atoms with van der Waals surface area (Å²) in [7, 11) is 1.35. The number of carbonyl (C=O) groups is 1. The van der Waals surface area contributed by atoms with Gasteiger partial charge in [0, 0.05) is 11.4 Å². The second kappa shape index (κ2) is 6.63. The molecule has 2 rings (SSSR count). The minimum absolute atomic E-state index is 0.377. The van der Waals surface area contributed by atoms with E-state index in [1.54, 1.807) is 29.5 Å². The molecule has 1 aromatic carbocycles. The zero-order valence-corrected chi connectivity index (χ0v) is 12.6. The van der Waals surface area contributed by atoms with Gasteiger partial charge in [-0.25, -0.2) is 4.79 Å². The van der Waals surface area contributed by atoms with Crippen molar-refractivity contribution in [2.45, 2.75) is 6.42 Å². The predicted molar refractivity (Wildman–Crippen MR) is 83.7 cm³/mol. The third-order valence-corrected chi connectivity index (χ3v) is 4.08. The summed E-state index contributed by atoms with van der Waals surface area (Å²) in [6.07, 6.45) is 0.847. The number of halogens is 1. The van der Waals surface area contributed by atoms with E-state index in [0.29, 0.717) is 17.8 Å². The van der Waals surface area contributed by atoms with E-state index in [2.05, 4.69) is 10.1 Å². The Balaban J connectivity index is 1.99. The molecule has 0 saturated heterocycles. The van der Waals surface area contributed by atoms with E-state index in [9.17, 15) is 4.79 Å². The largest absolute Gasteiger partial charge is 0.465 e. The lowest BCUT2D eigenvalue weighted by molar-refractivity contribution is 0.0601. The van der Waals surface area contributed by atoms with Gasteiger partial charge >= 0.3 is 5.97 Å². The molecule has 0 aliphatic carbocycles. The maximum absolute atomic E-state index is 11.5. The lowest BCUT2D eigenvalue weighted by atomic mass is 10.1. The number of hydrogen-bond donors (Lipinski definition) is 2. The van der Waals surface area contributed by atoms with Crippen LogP contribution < -0.4 is 11.1 Å². The average Bonchev–Trinajstić information content (AvgIpc) is 2.85. The van der Waals surface area contributed by atoms with Gasteiger partial charge in [-0.2, -0.15) is 0 Å². The van der Waals surface area contributed by atoms with Crippen LogP contribution in [0.3, 0.4) is 0 Å². The number of nitrogens with one attached hydrogen (secondary N) is 1. The Hall–Kier alpha value is -1.72. The number of nitrogen functional groups attached to an aromatic ring is 1. The first-order chi connectivity index (χ1) is 9.60. The van der Waals surface area contributed by atoms with Crippen LogP contribution in [0.25, 0.3) is 0 Å². The van der Waals surface area contributed by atoms with Gasteiger partial charge in [0.25, 0.3) is 0 Å². The van der Waals surface area contributed by atoms with Crippen molar-refractivity contribution in [3.63, 3.8) is 0 Å². The topological polar surface area (TPSA) is 64.3 Å². The number of hydrogen-bond acceptors (Lipinski definition) is 5. The molecule has 0 saturated carbocycles. The molecule has 0 aliphatic rings. The van der Waals surface area contributed by atoms with Crippen LogP contribution in [0.15, 0.2) is 30.3 Å². The molecule has 0 aliphatic heterocycles. The predicted octanol–water partition coefficient (Wildman–Crippen LogP) is 3.42. The summed E-state index contributed by atoms with van der Waals surface area (Å²) in [6.45, 7) is 0.714. The quantitative estimate of drug-likeness (QED) is 0.656. The molecule has 3 N–H and O–H groups in total. The Bertz CT molecular complexity index is 613. The number of ether oxygens (including phenoxy) is 1. The Kier molecular flexibility index (Phi) is 4.87. The number of rotatable bonds is 5. The highest BCUT2D eigenvalue weighted by Crippen LogP contribution is 2.23. The maximum Gasteiger partial charge on any atom is 0.337 e. The normalized spacial score (nSPS) is 10.3. The average molecular weight is 311 g/mol. The summed E-state index contributed by atoms with van der Waals surface area (Å²) in [6, 6.07) is 8.92. The van der Waals surface area contributed by atoms with E-state index < -0.39 is 0 Å². The lowest BCUT2D eigenvalue weighted by Crippen LogP contribution is -2.08. The molecular formula is C14H15ClN2O2S. The van der Waals surface area contributed by atoms with E-state index in [1.807, 2.05) is 12.1 Å². The lowest BCUT2D eigenvalue weighted by Gasteiger charge is -2.10. The molecule has 106 valence electrons. The molecule has 0 fully saturated rings. The van der Waals surface area contributed by atoms with E-state index >= 15 is 0 Å². The molecule has 0 bridgehead atoms. The number of esters is 1. The SMILES string of the molecule is COC(=O)c1ccc(N)c(NCCc2ccc(Cl)s2)c1.